The highest BCUT2D eigenvalue weighted by atomic mass is 79.9. The summed E-state index contributed by atoms with van der Waals surface area (Å²) in [4.78, 5) is 0. The van der Waals surface area contributed by atoms with E-state index in [1.54, 1.807) is 18.3 Å². The Morgan fingerprint density at radius 3 is 2.76 bits per heavy atom. The molecule has 2 aromatic rings. The zero-order chi connectivity index (χ0) is 15.6. The van der Waals surface area contributed by atoms with E-state index in [9.17, 15) is 4.39 Å². The van der Waals surface area contributed by atoms with Crippen LogP contribution in [-0.4, -0.2) is 16.3 Å². The second kappa shape index (κ2) is 6.90. The zero-order valence-corrected chi connectivity index (χ0v) is 14.5. The molecule has 1 aromatic heterocycles. The fraction of sp³-hybridized carbons (Fsp3) is 0.400. The second-order valence-electron chi connectivity index (χ2n) is 5.05. The summed E-state index contributed by atoms with van der Waals surface area (Å²) in [5, 5.41) is 8.14. The maximum atomic E-state index is 14.5. The van der Waals surface area contributed by atoms with Crippen molar-refractivity contribution in [2.45, 2.75) is 32.9 Å². The number of hydrogen-bond donors (Lipinski definition) is 1. The van der Waals surface area contributed by atoms with Crippen molar-refractivity contribution in [3.63, 3.8) is 0 Å². The molecule has 1 N–H and O–H groups in total. The normalized spacial score (nSPS) is 12.9. The van der Waals surface area contributed by atoms with Crippen LogP contribution in [0.3, 0.4) is 0 Å². The van der Waals surface area contributed by atoms with E-state index in [1.807, 2.05) is 31.5 Å². The third-order valence-corrected chi connectivity index (χ3v) is 4.15. The smallest absolute Gasteiger partial charge is 0.142 e. The lowest BCUT2D eigenvalue weighted by Gasteiger charge is -2.23. The summed E-state index contributed by atoms with van der Waals surface area (Å²) in [7, 11) is 0. The first kappa shape index (κ1) is 16.5. The Morgan fingerprint density at radius 2 is 2.14 bits per heavy atom. The molecule has 0 saturated carbocycles. The maximum Gasteiger partial charge on any atom is 0.142 e. The fourth-order valence-corrected chi connectivity index (χ4v) is 2.95. The zero-order valence-electron chi connectivity index (χ0n) is 12.2. The van der Waals surface area contributed by atoms with Gasteiger partial charge in [-0.15, -0.1) is 0 Å². The van der Waals surface area contributed by atoms with Crippen molar-refractivity contribution in [3.05, 3.63) is 51.0 Å². The van der Waals surface area contributed by atoms with Crippen LogP contribution in [-0.2, 0) is 0 Å². The van der Waals surface area contributed by atoms with Crippen molar-refractivity contribution in [3.8, 4) is 0 Å². The summed E-state index contributed by atoms with van der Waals surface area (Å²) in [5.74, 6) is -0.281. The highest BCUT2D eigenvalue weighted by Crippen LogP contribution is 2.33. The largest absolute Gasteiger partial charge is 0.305 e. The Morgan fingerprint density at radius 1 is 1.43 bits per heavy atom. The van der Waals surface area contributed by atoms with Gasteiger partial charge in [0.25, 0.3) is 0 Å². The van der Waals surface area contributed by atoms with Gasteiger partial charge in [0.1, 0.15) is 5.82 Å². The van der Waals surface area contributed by atoms with Crippen LogP contribution in [0.25, 0.3) is 0 Å². The lowest BCUT2D eigenvalue weighted by atomic mass is 10.0. The Bertz CT molecular complexity index is 627. The molecule has 0 fully saturated rings. The van der Waals surface area contributed by atoms with E-state index in [0.717, 1.165) is 5.69 Å². The van der Waals surface area contributed by atoms with Crippen LogP contribution >= 0.6 is 27.5 Å². The van der Waals surface area contributed by atoms with Gasteiger partial charge in [-0.25, -0.2) is 4.39 Å². The van der Waals surface area contributed by atoms with Crippen molar-refractivity contribution in [1.82, 2.24) is 15.1 Å². The van der Waals surface area contributed by atoms with E-state index in [4.69, 9.17) is 11.6 Å². The van der Waals surface area contributed by atoms with Crippen molar-refractivity contribution in [2.24, 2.45) is 0 Å². The van der Waals surface area contributed by atoms with Crippen LogP contribution in [0.1, 0.15) is 44.1 Å². The van der Waals surface area contributed by atoms with Crippen molar-refractivity contribution in [2.75, 3.05) is 6.54 Å². The molecule has 2 rings (SSSR count). The van der Waals surface area contributed by atoms with Crippen molar-refractivity contribution >= 4 is 27.5 Å². The predicted molar refractivity (Wildman–Crippen MR) is 87.2 cm³/mol. The molecule has 1 heterocycles. The summed E-state index contributed by atoms with van der Waals surface area (Å²) in [5.41, 5.74) is 1.33. The Kier molecular flexibility index (Phi) is 5.41. The molecule has 0 amide bonds. The molecule has 0 aliphatic heterocycles. The number of rotatable bonds is 5. The predicted octanol–water partition coefficient (Wildman–Crippen LogP) is 4.72. The molecule has 0 radical (unpaired) electrons. The molecule has 3 nitrogen and oxygen atoms in total. The summed E-state index contributed by atoms with van der Waals surface area (Å²) in [6, 6.07) is 5.07. The molecule has 1 aromatic carbocycles. The van der Waals surface area contributed by atoms with E-state index >= 15 is 0 Å². The summed E-state index contributed by atoms with van der Waals surface area (Å²) < 4.78 is 16.7. The van der Waals surface area contributed by atoms with Crippen LogP contribution in [0.4, 0.5) is 4.39 Å². The number of benzene rings is 1. The Balaban J connectivity index is 2.59. The van der Waals surface area contributed by atoms with Gasteiger partial charge in [-0.3, -0.25) is 4.68 Å². The standard InChI is InChI=1S/C15H18BrClFN3/c1-4-19-14(10-6-5-7-11(16)13(10)18)15-12(17)8-20-21(15)9(2)3/h5-9,14,19H,4H2,1-3H3. The van der Waals surface area contributed by atoms with Crippen LogP contribution in [0.5, 0.6) is 0 Å². The maximum absolute atomic E-state index is 14.5. The number of halogens is 3. The van der Waals surface area contributed by atoms with E-state index in [0.29, 0.717) is 21.6 Å². The molecule has 0 saturated heterocycles. The third kappa shape index (κ3) is 3.30. The monoisotopic (exact) mass is 373 g/mol. The van der Waals surface area contributed by atoms with Gasteiger partial charge in [0.05, 0.1) is 27.4 Å². The topological polar surface area (TPSA) is 29.9 Å². The molecule has 1 atom stereocenters. The lowest BCUT2D eigenvalue weighted by molar-refractivity contribution is 0.466. The molecular formula is C15H18BrClFN3. The number of nitrogens with zero attached hydrogens (tertiary/aromatic N) is 2. The van der Waals surface area contributed by atoms with Gasteiger partial charge >= 0.3 is 0 Å². The van der Waals surface area contributed by atoms with Gasteiger partial charge in [-0.1, -0.05) is 30.7 Å². The molecule has 1 unspecified atom stereocenters. The molecule has 114 valence electrons. The van der Waals surface area contributed by atoms with Gasteiger partial charge in [0.2, 0.25) is 0 Å². The Hall–Kier alpha value is -0.910. The number of hydrogen-bond acceptors (Lipinski definition) is 2. The first-order valence-electron chi connectivity index (χ1n) is 6.87. The molecule has 21 heavy (non-hydrogen) atoms. The van der Waals surface area contributed by atoms with E-state index in [2.05, 4.69) is 26.3 Å². The van der Waals surface area contributed by atoms with Gasteiger partial charge in [-0.2, -0.15) is 5.10 Å². The number of nitrogens with one attached hydrogen (secondary N) is 1. The molecule has 6 heteroatoms. The van der Waals surface area contributed by atoms with Gasteiger partial charge in [0.15, 0.2) is 0 Å². The molecule has 0 bridgehead atoms. The molecule has 0 spiro atoms. The first-order valence-corrected chi connectivity index (χ1v) is 8.04. The van der Waals surface area contributed by atoms with Crippen LogP contribution in [0.2, 0.25) is 5.02 Å². The second-order valence-corrected chi connectivity index (χ2v) is 6.31. The van der Waals surface area contributed by atoms with E-state index in [1.165, 1.54) is 0 Å². The average molecular weight is 375 g/mol. The van der Waals surface area contributed by atoms with Crippen molar-refractivity contribution < 1.29 is 4.39 Å². The molecule has 0 aliphatic rings. The van der Waals surface area contributed by atoms with Gasteiger partial charge < -0.3 is 5.32 Å². The van der Waals surface area contributed by atoms with Crippen LogP contribution in [0, 0.1) is 5.82 Å². The minimum atomic E-state index is -0.343. The lowest BCUT2D eigenvalue weighted by Crippen LogP contribution is -2.26. The average Bonchev–Trinajstić information content (AvgIpc) is 2.82. The van der Waals surface area contributed by atoms with Gasteiger partial charge in [0, 0.05) is 11.6 Å². The number of aromatic nitrogens is 2. The quantitative estimate of drug-likeness (QED) is 0.821. The van der Waals surface area contributed by atoms with Gasteiger partial charge in [-0.05, 0) is 42.4 Å². The van der Waals surface area contributed by atoms with Crippen LogP contribution in [0.15, 0.2) is 28.9 Å². The summed E-state index contributed by atoms with van der Waals surface area (Å²) in [6.07, 6.45) is 1.61. The van der Waals surface area contributed by atoms with E-state index in [-0.39, 0.29) is 17.9 Å². The van der Waals surface area contributed by atoms with Crippen LogP contribution < -0.4 is 5.32 Å². The minimum Gasteiger partial charge on any atom is -0.305 e. The van der Waals surface area contributed by atoms with E-state index < -0.39 is 0 Å². The fourth-order valence-electron chi connectivity index (χ4n) is 2.33. The minimum absolute atomic E-state index is 0.142. The highest BCUT2D eigenvalue weighted by molar-refractivity contribution is 9.10. The summed E-state index contributed by atoms with van der Waals surface area (Å²) in [6.45, 7) is 6.71. The molecule has 0 aliphatic carbocycles. The molecular weight excluding hydrogens is 357 g/mol. The highest BCUT2D eigenvalue weighted by Gasteiger charge is 2.25. The third-order valence-electron chi connectivity index (χ3n) is 3.25. The Labute approximate surface area is 137 Å². The summed E-state index contributed by atoms with van der Waals surface area (Å²) >= 11 is 9.54. The first-order chi connectivity index (χ1) is 9.97. The van der Waals surface area contributed by atoms with Crippen molar-refractivity contribution in [1.29, 1.82) is 0 Å². The SMILES string of the molecule is CCNC(c1cccc(Br)c1F)c1c(Cl)cnn1C(C)C.